The predicted molar refractivity (Wildman–Crippen MR) is 68.7 cm³/mol. The average molecular weight is 270 g/mol. The molecule has 0 aromatic rings. The molecule has 19 heavy (non-hydrogen) atoms. The summed E-state index contributed by atoms with van der Waals surface area (Å²) in [6.45, 7) is 7.55. The van der Waals surface area contributed by atoms with Crippen LogP contribution in [0.5, 0.6) is 0 Å². The molecule has 0 bridgehead atoms. The van der Waals surface area contributed by atoms with Gasteiger partial charge in [-0.2, -0.15) is 0 Å². The third kappa shape index (κ3) is 3.59. The lowest BCUT2D eigenvalue weighted by molar-refractivity contribution is -0.155. The third-order valence-corrected chi connectivity index (χ3v) is 3.30. The Bertz CT molecular complexity index is 369. The number of piperidine rings is 1. The Morgan fingerprint density at radius 2 is 2.05 bits per heavy atom. The molecule has 2 aliphatic rings. The van der Waals surface area contributed by atoms with E-state index in [0.29, 0.717) is 6.54 Å². The summed E-state index contributed by atoms with van der Waals surface area (Å²) in [4.78, 5) is 25.0. The summed E-state index contributed by atoms with van der Waals surface area (Å²) in [5.74, 6) is -0.393. The fourth-order valence-corrected chi connectivity index (χ4v) is 2.49. The van der Waals surface area contributed by atoms with Gasteiger partial charge in [-0.3, -0.25) is 9.69 Å². The number of esters is 1. The van der Waals surface area contributed by atoms with Crippen LogP contribution in [0.1, 0.15) is 33.6 Å². The van der Waals surface area contributed by atoms with E-state index in [4.69, 9.17) is 9.47 Å². The lowest BCUT2D eigenvalue weighted by Crippen LogP contribution is -2.45. The summed E-state index contributed by atoms with van der Waals surface area (Å²) >= 11 is 0. The standard InChI is InChI=1S/C13H22N2O4/c1-12(2,3)18-10(16)8-15-9-13(19-11(15)17)4-6-14-7-5-13/h14H,4-9H2,1-3H3. The van der Waals surface area contributed by atoms with E-state index in [0.717, 1.165) is 25.9 Å². The van der Waals surface area contributed by atoms with Crippen LogP contribution in [-0.2, 0) is 14.3 Å². The molecule has 1 N–H and O–H groups in total. The molecule has 0 atom stereocenters. The SMILES string of the molecule is CC(C)(C)OC(=O)CN1CC2(CCNCC2)OC1=O. The maximum absolute atomic E-state index is 11.8. The van der Waals surface area contributed by atoms with Gasteiger partial charge in [0.05, 0.1) is 6.54 Å². The molecular weight excluding hydrogens is 248 g/mol. The summed E-state index contributed by atoms with van der Waals surface area (Å²) in [6, 6.07) is 0. The molecule has 6 nitrogen and oxygen atoms in total. The normalized spacial score (nSPS) is 22.5. The number of carbonyl (C=O) groups excluding carboxylic acids is 2. The van der Waals surface area contributed by atoms with Crippen LogP contribution in [0.25, 0.3) is 0 Å². The number of amides is 1. The van der Waals surface area contributed by atoms with Gasteiger partial charge in [-0.05, 0) is 33.9 Å². The van der Waals surface area contributed by atoms with Crippen molar-refractivity contribution in [3.8, 4) is 0 Å². The van der Waals surface area contributed by atoms with Gasteiger partial charge in [0, 0.05) is 12.8 Å². The summed E-state index contributed by atoms with van der Waals surface area (Å²) in [7, 11) is 0. The lowest BCUT2D eigenvalue weighted by Gasteiger charge is -2.31. The van der Waals surface area contributed by atoms with E-state index < -0.39 is 23.3 Å². The predicted octanol–water partition coefficient (Wildman–Crippen LogP) is 0.902. The van der Waals surface area contributed by atoms with E-state index in [1.807, 2.05) is 20.8 Å². The summed E-state index contributed by atoms with van der Waals surface area (Å²) in [5.41, 5.74) is -0.947. The van der Waals surface area contributed by atoms with Crippen molar-refractivity contribution < 1.29 is 19.1 Å². The first-order chi connectivity index (χ1) is 8.80. The van der Waals surface area contributed by atoms with Gasteiger partial charge in [-0.15, -0.1) is 0 Å². The lowest BCUT2D eigenvalue weighted by atomic mass is 9.92. The van der Waals surface area contributed by atoms with E-state index in [1.165, 1.54) is 4.90 Å². The van der Waals surface area contributed by atoms with Crippen molar-refractivity contribution in [1.82, 2.24) is 10.2 Å². The molecule has 108 valence electrons. The minimum atomic E-state index is -0.535. The molecule has 0 saturated carbocycles. The Hall–Kier alpha value is -1.30. The number of nitrogens with one attached hydrogen (secondary N) is 1. The topological polar surface area (TPSA) is 67.9 Å². The Morgan fingerprint density at radius 1 is 1.42 bits per heavy atom. The second-order valence-corrected chi connectivity index (χ2v) is 6.24. The average Bonchev–Trinajstić information content (AvgIpc) is 2.53. The van der Waals surface area contributed by atoms with Crippen LogP contribution in [-0.4, -0.2) is 54.3 Å². The van der Waals surface area contributed by atoms with E-state index in [9.17, 15) is 9.59 Å². The minimum Gasteiger partial charge on any atom is -0.459 e. The van der Waals surface area contributed by atoms with Crippen molar-refractivity contribution in [3.05, 3.63) is 0 Å². The van der Waals surface area contributed by atoms with Crippen LogP contribution < -0.4 is 5.32 Å². The second-order valence-electron chi connectivity index (χ2n) is 6.24. The highest BCUT2D eigenvalue weighted by Crippen LogP contribution is 2.30. The van der Waals surface area contributed by atoms with Crippen molar-refractivity contribution >= 4 is 12.1 Å². The highest BCUT2D eigenvalue weighted by atomic mass is 16.6. The first-order valence-corrected chi connectivity index (χ1v) is 6.70. The van der Waals surface area contributed by atoms with Crippen LogP contribution >= 0.6 is 0 Å². The third-order valence-electron chi connectivity index (χ3n) is 3.30. The van der Waals surface area contributed by atoms with Crippen molar-refractivity contribution in [2.75, 3.05) is 26.2 Å². The number of hydrogen-bond acceptors (Lipinski definition) is 5. The van der Waals surface area contributed by atoms with E-state index in [-0.39, 0.29) is 6.54 Å². The van der Waals surface area contributed by atoms with Crippen molar-refractivity contribution in [2.45, 2.75) is 44.8 Å². The molecule has 0 aromatic carbocycles. The molecule has 1 amide bonds. The van der Waals surface area contributed by atoms with E-state index >= 15 is 0 Å². The number of ether oxygens (including phenoxy) is 2. The zero-order valence-corrected chi connectivity index (χ0v) is 11.8. The van der Waals surface area contributed by atoms with Crippen molar-refractivity contribution in [3.63, 3.8) is 0 Å². The van der Waals surface area contributed by atoms with Crippen LogP contribution in [0.15, 0.2) is 0 Å². The van der Waals surface area contributed by atoms with Crippen LogP contribution in [0.3, 0.4) is 0 Å². The second kappa shape index (κ2) is 5.00. The van der Waals surface area contributed by atoms with Crippen molar-refractivity contribution in [1.29, 1.82) is 0 Å². The fourth-order valence-electron chi connectivity index (χ4n) is 2.49. The first kappa shape index (κ1) is 14.1. The van der Waals surface area contributed by atoms with Gasteiger partial charge in [0.1, 0.15) is 17.7 Å². The first-order valence-electron chi connectivity index (χ1n) is 6.70. The van der Waals surface area contributed by atoms with E-state index in [1.54, 1.807) is 0 Å². The summed E-state index contributed by atoms with van der Waals surface area (Å²) in [5, 5.41) is 3.24. The maximum Gasteiger partial charge on any atom is 0.411 e. The number of carbonyl (C=O) groups is 2. The zero-order valence-electron chi connectivity index (χ0n) is 11.8. The van der Waals surface area contributed by atoms with Gasteiger partial charge in [0.2, 0.25) is 0 Å². The largest absolute Gasteiger partial charge is 0.459 e. The Balaban J connectivity index is 1.91. The van der Waals surface area contributed by atoms with Gasteiger partial charge in [0.15, 0.2) is 0 Å². The molecule has 0 unspecified atom stereocenters. The molecule has 0 aliphatic carbocycles. The van der Waals surface area contributed by atoms with E-state index in [2.05, 4.69) is 5.32 Å². The molecule has 1 spiro atoms. The van der Waals surface area contributed by atoms with Crippen LogP contribution in [0.2, 0.25) is 0 Å². The molecule has 6 heteroatoms. The number of rotatable bonds is 2. The van der Waals surface area contributed by atoms with Crippen molar-refractivity contribution in [2.24, 2.45) is 0 Å². The Kier molecular flexibility index (Phi) is 3.71. The summed E-state index contributed by atoms with van der Waals surface area (Å²) in [6.07, 6.45) is 1.18. The Morgan fingerprint density at radius 3 is 2.63 bits per heavy atom. The molecule has 2 rings (SSSR count). The van der Waals surface area contributed by atoms with Gasteiger partial charge in [-0.25, -0.2) is 4.79 Å². The maximum atomic E-state index is 11.8. The zero-order chi connectivity index (χ0) is 14.1. The number of nitrogens with zero attached hydrogens (tertiary/aromatic N) is 1. The minimum absolute atomic E-state index is 0.0364. The van der Waals surface area contributed by atoms with Gasteiger partial charge in [-0.1, -0.05) is 0 Å². The molecular formula is C13H22N2O4. The fraction of sp³-hybridized carbons (Fsp3) is 0.846. The smallest absolute Gasteiger partial charge is 0.411 e. The summed E-state index contributed by atoms with van der Waals surface area (Å²) < 4.78 is 10.7. The number of hydrogen-bond donors (Lipinski definition) is 1. The van der Waals surface area contributed by atoms with Gasteiger partial charge in [0.25, 0.3) is 0 Å². The monoisotopic (exact) mass is 270 g/mol. The van der Waals surface area contributed by atoms with Gasteiger partial charge >= 0.3 is 12.1 Å². The highest BCUT2D eigenvalue weighted by molar-refractivity contribution is 5.79. The highest BCUT2D eigenvalue weighted by Gasteiger charge is 2.46. The molecule has 2 fully saturated rings. The quantitative estimate of drug-likeness (QED) is 0.755. The molecule has 0 aromatic heterocycles. The molecule has 2 heterocycles. The van der Waals surface area contributed by atoms with Gasteiger partial charge < -0.3 is 14.8 Å². The van der Waals surface area contributed by atoms with Crippen LogP contribution in [0.4, 0.5) is 4.79 Å². The molecule has 0 radical (unpaired) electrons. The molecule has 2 saturated heterocycles. The van der Waals surface area contributed by atoms with Crippen LogP contribution in [0, 0.1) is 0 Å². The molecule has 2 aliphatic heterocycles. The Labute approximate surface area is 113 Å².